The van der Waals surface area contributed by atoms with E-state index in [4.69, 9.17) is 0 Å². The Morgan fingerprint density at radius 2 is 1.81 bits per heavy atom. The third-order valence-electron chi connectivity index (χ3n) is 4.01. The van der Waals surface area contributed by atoms with Gasteiger partial charge in [-0.1, -0.05) is 13.0 Å². The zero-order valence-electron chi connectivity index (χ0n) is 12.4. The van der Waals surface area contributed by atoms with Crippen LogP contribution in [0.15, 0.2) is 18.2 Å². The number of amides is 2. The molecule has 114 valence electrons. The second-order valence-electron chi connectivity index (χ2n) is 5.84. The topological polar surface area (TPSA) is 58.2 Å². The molecule has 0 unspecified atom stereocenters. The van der Waals surface area contributed by atoms with Crippen molar-refractivity contribution in [3.05, 3.63) is 29.6 Å². The number of halogens is 1. The molecule has 0 aliphatic heterocycles. The maximum absolute atomic E-state index is 13.2. The smallest absolute Gasteiger partial charge is 0.313 e. The first-order chi connectivity index (χ1) is 9.95. The number of hydrogen-bond acceptors (Lipinski definition) is 2. The molecule has 1 fully saturated rings. The molecule has 0 bridgehead atoms. The van der Waals surface area contributed by atoms with E-state index in [-0.39, 0.29) is 6.04 Å². The highest BCUT2D eigenvalue weighted by atomic mass is 19.1. The van der Waals surface area contributed by atoms with E-state index in [1.54, 1.807) is 13.0 Å². The van der Waals surface area contributed by atoms with Gasteiger partial charge in [0.1, 0.15) is 5.82 Å². The fraction of sp³-hybridized carbons (Fsp3) is 0.500. The van der Waals surface area contributed by atoms with Crippen molar-refractivity contribution in [2.75, 3.05) is 5.32 Å². The molecule has 21 heavy (non-hydrogen) atoms. The molecule has 0 radical (unpaired) electrons. The predicted octanol–water partition coefficient (Wildman–Crippen LogP) is 2.77. The van der Waals surface area contributed by atoms with Crippen molar-refractivity contribution in [3.8, 4) is 0 Å². The lowest BCUT2D eigenvalue weighted by Crippen LogP contribution is -2.43. The summed E-state index contributed by atoms with van der Waals surface area (Å²) in [5.74, 6) is -1.17. The first-order valence-corrected chi connectivity index (χ1v) is 7.33. The Morgan fingerprint density at radius 1 is 1.14 bits per heavy atom. The van der Waals surface area contributed by atoms with Gasteiger partial charge in [-0.15, -0.1) is 0 Å². The molecule has 1 aliphatic carbocycles. The number of carbonyl (C=O) groups is 2. The molecule has 4 nitrogen and oxygen atoms in total. The number of carbonyl (C=O) groups excluding carboxylic acids is 2. The molecule has 5 heteroatoms. The van der Waals surface area contributed by atoms with Crippen LogP contribution in [0.1, 0.15) is 38.2 Å². The lowest BCUT2D eigenvalue weighted by molar-refractivity contribution is -0.136. The molecule has 1 aliphatic rings. The molecule has 1 aromatic rings. The quantitative estimate of drug-likeness (QED) is 0.823. The SMILES string of the molecule is Cc1ccc(F)cc1NC(=O)C(=O)NC1CCC(C)CC1. The van der Waals surface area contributed by atoms with Crippen LogP contribution in [-0.4, -0.2) is 17.9 Å². The minimum absolute atomic E-state index is 0.0630. The second-order valence-corrected chi connectivity index (χ2v) is 5.84. The van der Waals surface area contributed by atoms with Gasteiger partial charge in [-0.3, -0.25) is 9.59 Å². The molecule has 1 aromatic carbocycles. The summed E-state index contributed by atoms with van der Waals surface area (Å²) in [7, 11) is 0. The van der Waals surface area contributed by atoms with Crippen molar-refractivity contribution in [2.45, 2.75) is 45.6 Å². The minimum atomic E-state index is -0.748. The monoisotopic (exact) mass is 292 g/mol. The summed E-state index contributed by atoms with van der Waals surface area (Å²) in [5.41, 5.74) is 1.04. The Labute approximate surface area is 124 Å². The fourth-order valence-electron chi connectivity index (χ4n) is 2.56. The van der Waals surface area contributed by atoms with Gasteiger partial charge in [0, 0.05) is 11.7 Å². The Bertz CT molecular complexity index is 537. The number of nitrogens with one attached hydrogen (secondary N) is 2. The average molecular weight is 292 g/mol. The Morgan fingerprint density at radius 3 is 2.48 bits per heavy atom. The number of rotatable bonds is 2. The summed E-state index contributed by atoms with van der Waals surface area (Å²) in [6, 6.07) is 4.15. The van der Waals surface area contributed by atoms with Gasteiger partial charge in [0.15, 0.2) is 0 Å². The summed E-state index contributed by atoms with van der Waals surface area (Å²) in [6.45, 7) is 3.94. The van der Waals surface area contributed by atoms with Gasteiger partial charge in [-0.05, 0) is 56.2 Å². The van der Waals surface area contributed by atoms with Crippen molar-refractivity contribution < 1.29 is 14.0 Å². The number of benzene rings is 1. The third-order valence-corrected chi connectivity index (χ3v) is 4.01. The Hall–Kier alpha value is -1.91. The van der Waals surface area contributed by atoms with Crippen LogP contribution < -0.4 is 10.6 Å². The molecule has 0 atom stereocenters. The van der Waals surface area contributed by atoms with E-state index in [2.05, 4.69) is 17.6 Å². The van der Waals surface area contributed by atoms with Crippen LogP contribution in [-0.2, 0) is 9.59 Å². The molecule has 1 saturated carbocycles. The highest BCUT2D eigenvalue weighted by Gasteiger charge is 2.23. The van der Waals surface area contributed by atoms with Gasteiger partial charge in [0.2, 0.25) is 0 Å². The number of aryl methyl sites for hydroxylation is 1. The average Bonchev–Trinajstić information content (AvgIpc) is 2.45. The first kappa shape index (κ1) is 15.5. The van der Waals surface area contributed by atoms with E-state index in [0.29, 0.717) is 17.2 Å². The largest absolute Gasteiger partial charge is 0.345 e. The van der Waals surface area contributed by atoms with Crippen molar-refractivity contribution in [1.82, 2.24) is 5.32 Å². The van der Waals surface area contributed by atoms with Crippen molar-refractivity contribution in [1.29, 1.82) is 0 Å². The predicted molar refractivity (Wildman–Crippen MR) is 79.3 cm³/mol. The molecule has 2 rings (SSSR count). The number of hydrogen-bond donors (Lipinski definition) is 2. The minimum Gasteiger partial charge on any atom is -0.345 e. The maximum Gasteiger partial charge on any atom is 0.313 e. The van der Waals surface area contributed by atoms with Crippen LogP contribution in [0.3, 0.4) is 0 Å². The van der Waals surface area contributed by atoms with Crippen LogP contribution in [0.4, 0.5) is 10.1 Å². The summed E-state index contributed by atoms with van der Waals surface area (Å²) >= 11 is 0. The maximum atomic E-state index is 13.2. The van der Waals surface area contributed by atoms with Gasteiger partial charge < -0.3 is 10.6 Å². The van der Waals surface area contributed by atoms with Crippen LogP contribution in [0.2, 0.25) is 0 Å². The van der Waals surface area contributed by atoms with E-state index in [1.807, 2.05) is 0 Å². The Kier molecular flexibility index (Phi) is 4.94. The lowest BCUT2D eigenvalue weighted by atomic mass is 9.87. The highest BCUT2D eigenvalue weighted by molar-refractivity contribution is 6.39. The molecular formula is C16H21FN2O2. The summed E-state index contributed by atoms with van der Waals surface area (Å²) in [4.78, 5) is 23.7. The molecule has 0 aromatic heterocycles. The lowest BCUT2D eigenvalue weighted by Gasteiger charge is -2.26. The molecule has 2 amide bonds. The normalized spacial score (nSPS) is 21.7. The molecule has 0 saturated heterocycles. The van der Waals surface area contributed by atoms with Gasteiger partial charge in [-0.25, -0.2) is 4.39 Å². The van der Waals surface area contributed by atoms with E-state index < -0.39 is 17.6 Å². The van der Waals surface area contributed by atoms with Crippen LogP contribution in [0.25, 0.3) is 0 Å². The summed E-state index contributed by atoms with van der Waals surface area (Å²) in [5, 5.41) is 5.21. The second kappa shape index (κ2) is 6.70. The van der Waals surface area contributed by atoms with Crippen LogP contribution in [0.5, 0.6) is 0 Å². The fourth-order valence-corrected chi connectivity index (χ4v) is 2.56. The highest BCUT2D eigenvalue weighted by Crippen LogP contribution is 2.23. The van der Waals surface area contributed by atoms with Gasteiger partial charge >= 0.3 is 11.8 Å². The van der Waals surface area contributed by atoms with Crippen molar-refractivity contribution >= 4 is 17.5 Å². The molecule has 2 N–H and O–H groups in total. The third kappa shape index (κ3) is 4.28. The zero-order valence-corrected chi connectivity index (χ0v) is 12.4. The molecular weight excluding hydrogens is 271 g/mol. The summed E-state index contributed by atoms with van der Waals surface area (Å²) < 4.78 is 13.2. The summed E-state index contributed by atoms with van der Waals surface area (Å²) in [6.07, 6.45) is 3.93. The van der Waals surface area contributed by atoms with Gasteiger partial charge in [0.25, 0.3) is 0 Å². The van der Waals surface area contributed by atoms with Crippen molar-refractivity contribution in [2.24, 2.45) is 5.92 Å². The van der Waals surface area contributed by atoms with Crippen LogP contribution >= 0.6 is 0 Å². The van der Waals surface area contributed by atoms with Crippen molar-refractivity contribution in [3.63, 3.8) is 0 Å². The van der Waals surface area contributed by atoms with E-state index in [0.717, 1.165) is 25.7 Å². The zero-order chi connectivity index (χ0) is 15.4. The molecule has 0 spiro atoms. The van der Waals surface area contributed by atoms with E-state index in [1.165, 1.54) is 12.1 Å². The van der Waals surface area contributed by atoms with Gasteiger partial charge in [-0.2, -0.15) is 0 Å². The number of anilines is 1. The first-order valence-electron chi connectivity index (χ1n) is 7.33. The van der Waals surface area contributed by atoms with Crippen LogP contribution in [0, 0.1) is 18.7 Å². The van der Waals surface area contributed by atoms with E-state index >= 15 is 0 Å². The van der Waals surface area contributed by atoms with Gasteiger partial charge in [0.05, 0.1) is 0 Å². The standard InChI is InChI=1S/C16H21FN2O2/c1-10-3-7-13(8-4-10)18-15(20)16(21)19-14-9-12(17)6-5-11(14)2/h5-6,9-10,13H,3-4,7-8H2,1-2H3,(H,18,20)(H,19,21). The van der Waals surface area contributed by atoms with E-state index in [9.17, 15) is 14.0 Å². The molecule has 0 heterocycles. The Balaban J connectivity index is 1.90.